The van der Waals surface area contributed by atoms with Gasteiger partial charge in [0.15, 0.2) is 0 Å². The minimum atomic E-state index is -0.435. The van der Waals surface area contributed by atoms with Gasteiger partial charge in [-0.1, -0.05) is 18.0 Å². The summed E-state index contributed by atoms with van der Waals surface area (Å²) < 4.78 is 0. The minimum absolute atomic E-state index is 0.0263. The highest BCUT2D eigenvalue weighted by molar-refractivity contribution is 7.99. The number of non-ortho nitro benzene ring substituents is 1. The van der Waals surface area contributed by atoms with Gasteiger partial charge in [-0.15, -0.1) is 0 Å². The van der Waals surface area contributed by atoms with Crippen molar-refractivity contribution in [2.45, 2.75) is 30.6 Å². The Morgan fingerprint density at radius 2 is 2.28 bits per heavy atom. The number of rotatable bonds is 4. The molecule has 1 aromatic carbocycles. The Morgan fingerprint density at radius 3 is 2.89 bits per heavy atom. The molecule has 2 rings (SSSR count). The Morgan fingerprint density at radius 1 is 1.50 bits per heavy atom. The predicted molar refractivity (Wildman–Crippen MR) is 76.7 cm³/mol. The van der Waals surface area contributed by atoms with Crippen LogP contribution in [0.3, 0.4) is 0 Å². The molecule has 0 saturated heterocycles. The summed E-state index contributed by atoms with van der Waals surface area (Å²) in [5, 5.41) is 15.0. The van der Waals surface area contributed by atoms with Gasteiger partial charge in [0, 0.05) is 23.4 Å². The van der Waals surface area contributed by atoms with E-state index in [2.05, 4.69) is 11.6 Å². The summed E-state index contributed by atoms with van der Waals surface area (Å²) in [5.74, 6) is 0. The molecule has 1 aliphatic carbocycles. The van der Waals surface area contributed by atoms with Crippen LogP contribution in [0, 0.1) is 10.1 Å². The topological polar surface area (TPSA) is 55.2 Å². The lowest BCUT2D eigenvalue weighted by Gasteiger charge is -2.21. The molecule has 1 fully saturated rings. The van der Waals surface area contributed by atoms with Crippen molar-refractivity contribution in [3.05, 3.63) is 33.3 Å². The number of nitrogens with zero attached hydrogens (tertiary/aromatic N) is 1. The summed E-state index contributed by atoms with van der Waals surface area (Å²) in [5.41, 5.74) is 0.812. The molecule has 0 spiro atoms. The lowest BCUT2D eigenvalue weighted by molar-refractivity contribution is -0.384. The van der Waals surface area contributed by atoms with Crippen molar-refractivity contribution in [2.24, 2.45) is 0 Å². The molecular weight excluding hydrogens is 272 g/mol. The Bertz CT molecular complexity index is 456. The van der Waals surface area contributed by atoms with Crippen LogP contribution >= 0.6 is 23.4 Å². The SMILES string of the molecule is CSC1CCCC1Nc1ccc([N+](=O)[O-])cc1Cl. The Kier molecular flexibility index (Phi) is 4.35. The van der Waals surface area contributed by atoms with E-state index in [9.17, 15) is 10.1 Å². The second-order valence-electron chi connectivity index (χ2n) is 4.38. The largest absolute Gasteiger partial charge is 0.380 e. The molecule has 2 atom stereocenters. The third-order valence-corrected chi connectivity index (χ3v) is 4.74. The van der Waals surface area contributed by atoms with Gasteiger partial charge in [-0.05, 0) is 25.2 Å². The molecule has 1 saturated carbocycles. The Balaban J connectivity index is 2.12. The molecule has 2 unspecified atom stereocenters. The monoisotopic (exact) mass is 286 g/mol. The quantitative estimate of drug-likeness (QED) is 0.673. The van der Waals surface area contributed by atoms with E-state index in [1.807, 2.05) is 11.8 Å². The molecule has 0 aromatic heterocycles. The second kappa shape index (κ2) is 5.80. The standard InChI is InChI=1S/C12H15ClN2O2S/c1-18-12-4-2-3-11(12)14-10-6-5-8(15(16)17)7-9(10)13/h5-7,11-12,14H,2-4H2,1H3. The zero-order chi connectivity index (χ0) is 13.1. The van der Waals surface area contributed by atoms with E-state index in [1.165, 1.54) is 25.0 Å². The lowest BCUT2D eigenvalue weighted by atomic mass is 10.2. The van der Waals surface area contributed by atoms with Gasteiger partial charge in [0.25, 0.3) is 5.69 Å². The van der Waals surface area contributed by atoms with Gasteiger partial charge < -0.3 is 5.32 Å². The fraction of sp³-hybridized carbons (Fsp3) is 0.500. The van der Waals surface area contributed by atoms with E-state index in [4.69, 9.17) is 11.6 Å². The van der Waals surface area contributed by atoms with E-state index in [1.54, 1.807) is 6.07 Å². The first-order valence-electron chi connectivity index (χ1n) is 5.85. The number of hydrogen-bond donors (Lipinski definition) is 1. The number of halogens is 1. The maximum absolute atomic E-state index is 10.6. The fourth-order valence-corrected chi connectivity index (χ4v) is 3.47. The van der Waals surface area contributed by atoms with Crippen LogP contribution in [0.1, 0.15) is 19.3 Å². The predicted octanol–water partition coefficient (Wildman–Crippen LogP) is 3.94. The van der Waals surface area contributed by atoms with Crippen molar-refractivity contribution in [2.75, 3.05) is 11.6 Å². The molecule has 0 aliphatic heterocycles. The third kappa shape index (κ3) is 2.90. The number of benzene rings is 1. The molecule has 98 valence electrons. The van der Waals surface area contributed by atoms with Crippen LogP contribution in [0.25, 0.3) is 0 Å². The Hall–Kier alpha value is -0.940. The van der Waals surface area contributed by atoms with Gasteiger partial charge in [-0.3, -0.25) is 10.1 Å². The number of nitrogens with one attached hydrogen (secondary N) is 1. The van der Waals surface area contributed by atoms with E-state index >= 15 is 0 Å². The smallest absolute Gasteiger partial charge is 0.271 e. The molecular formula is C12H15ClN2O2S. The van der Waals surface area contributed by atoms with Gasteiger partial charge in [0.2, 0.25) is 0 Å². The molecule has 0 amide bonds. The van der Waals surface area contributed by atoms with Crippen molar-refractivity contribution in [3.63, 3.8) is 0 Å². The average molecular weight is 287 g/mol. The highest BCUT2D eigenvalue weighted by Crippen LogP contribution is 2.33. The summed E-state index contributed by atoms with van der Waals surface area (Å²) in [6, 6.07) is 4.97. The van der Waals surface area contributed by atoms with Crippen LogP contribution in [-0.2, 0) is 0 Å². The molecule has 4 nitrogen and oxygen atoms in total. The van der Waals surface area contributed by atoms with E-state index < -0.39 is 4.92 Å². The zero-order valence-corrected chi connectivity index (χ0v) is 11.6. The van der Waals surface area contributed by atoms with Crippen LogP contribution in [0.15, 0.2) is 18.2 Å². The fourth-order valence-electron chi connectivity index (χ4n) is 2.31. The molecule has 1 aliphatic rings. The van der Waals surface area contributed by atoms with Gasteiger partial charge in [0.1, 0.15) is 0 Å². The summed E-state index contributed by atoms with van der Waals surface area (Å²) in [4.78, 5) is 10.2. The molecule has 18 heavy (non-hydrogen) atoms. The van der Waals surface area contributed by atoms with Gasteiger partial charge in [-0.25, -0.2) is 0 Å². The zero-order valence-electron chi connectivity index (χ0n) is 10.1. The number of hydrogen-bond acceptors (Lipinski definition) is 4. The van der Waals surface area contributed by atoms with Crippen molar-refractivity contribution in [1.82, 2.24) is 0 Å². The van der Waals surface area contributed by atoms with Crippen LogP contribution in [-0.4, -0.2) is 22.5 Å². The lowest BCUT2D eigenvalue weighted by Crippen LogP contribution is -2.25. The van der Waals surface area contributed by atoms with E-state index in [0.717, 1.165) is 12.1 Å². The summed E-state index contributed by atoms with van der Waals surface area (Å²) >= 11 is 7.93. The number of thioether (sulfide) groups is 1. The number of nitro benzene ring substituents is 1. The van der Waals surface area contributed by atoms with Crippen LogP contribution in [0.2, 0.25) is 5.02 Å². The maximum Gasteiger partial charge on any atom is 0.271 e. The highest BCUT2D eigenvalue weighted by Gasteiger charge is 2.26. The molecule has 1 N–H and O–H groups in total. The molecule has 0 radical (unpaired) electrons. The summed E-state index contributed by atoms with van der Waals surface area (Å²) in [6.07, 6.45) is 5.66. The minimum Gasteiger partial charge on any atom is -0.380 e. The van der Waals surface area contributed by atoms with Gasteiger partial charge >= 0.3 is 0 Å². The number of anilines is 1. The van der Waals surface area contributed by atoms with E-state index in [-0.39, 0.29) is 5.69 Å². The molecule has 1 aromatic rings. The van der Waals surface area contributed by atoms with Crippen molar-refractivity contribution in [3.8, 4) is 0 Å². The maximum atomic E-state index is 10.6. The first-order chi connectivity index (χ1) is 8.61. The van der Waals surface area contributed by atoms with Crippen molar-refractivity contribution < 1.29 is 4.92 Å². The first-order valence-corrected chi connectivity index (χ1v) is 7.51. The normalized spacial score (nSPS) is 23.0. The summed E-state index contributed by atoms with van der Waals surface area (Å²) in [6.45, 7) is 0. The average Bonchev–Trinajstić information content (AvgIpc) is 2.78. The first kappa shape index (κ1) is 13.5. The third-order valence-electron chi connectivity index (χ3n) is 3.26. The molecule has 0 bridgehead atoms. The second-order valence-corrected chi connectivity index (χ2v) is 5.86. The van der Waals surface area contributed by atoms with Gasteiger partial charge in [0.05, 0.1) is 15.6 Å². The van der Waals surface area contributed by atoms with Crippen LogP contribution in [0.5, 0.6) is 0 Å². The molecule has 6 heteroatoms. The van der Waals surface area contributed by atoms with Crippen molar-refractivity contribution >= 4 is 34.7 Å². The molecule has 0 heterocycles. The number of nitro groups is 1. The summed E-state index contributed by atoms with van der Waals surface area (Å²) in [7, 11) is 0. The van der Waals surface area contributed by atoms with E-state index in [0.29, 0.717) is 16.3 Å². The van der Waals surface area contributed by atoms with Crippen molar-refractivity contribution in [1.29, 1.82) is 0 Å². The van der Waals surface area contributed by atoms with Gasteiger partial charge in [-0.2, -0.15) is 11.8 Å². The van der Waals surface area contributed by atoms with Crippen LogP contribution in [0.4, 0.5) is 11.4 Å². The van der Waals surface area contributed by atoms with Crippen LogP contribution < -0.4 is 5.32 Å². The Labute approximate surface area is 115 Å². The highest BCUT2D eigenvalue weighted by atomic mass is 35.5.